The minimum Gasteiger partial charge on any atom is -0.406 e. The van der Waals surface area contributed by atoms with E-state index in [1.807, 2.05) is 0 Å². The summed E-state index contributed by atoms with van der Waals surface area (Å²) < 4.78 is 61.2. The molecule has 0 spiro atoms. The van der Waals surface area contributed by atoms with E-state index >= 15 is 0 Å². The largest absolute Gasteiger partial charge is 0.573 e. The molecule has 0 N–H and O–H groups in total. The standard InChI is InChI=1S/C20H21F3O.C4H10O2S/c1-2-14-4-3-5-19(14)17-8-6-15(7-9-17)16-10-12-18(13-11-16)24-20(21,22)23;1-4(2)7(3,5)6/h6-14,19H,2-5H2,1H3;4H,1-3H3. The fourth-order valence-electron chi connectivity index (χ4n) is 3.74. The van der Waals surface area contributed by atoms with E-state index in [4.69, 9.17) is 0 Å². The number of sulfone groups is 1. The predicted molar refractivity (Wildman–Crippen MR) is 119 cm³/mol. The van der Waals surface area contributed by atoms with Crippen LogP contribution in [0.1, 0.15) is 57.9 Å². The second-order valence-corrected chi connectivity index (χ2v) is 10.9. The first kappa shape index (κ1) is 25.2. The molecule has 2 unspecified atom stereocenters. The molecular weight excluding hydrogens is 425 g/mol. The molecule has 3 nitrogen and oxygen atoms in total. The first-order valence-corrected chi connectivity index (χ1v) is 12.5. The van der Waals surface area contributed by atoms with Gasteiger partial charge in [0.15, 0.2) is 0 Å². The number of hydrogen-bond acceptors (Lipinski definition) is 3. The molecule has 0 saturated heterocycles. The van der Waals surface area contributed by atoms with Gasteiger partial charge in [0, 0.05) is 6.26 Å². The van der Waals surface area contributed by atoms with Crippen LogP contribution in [0.3, 0.4) is 0 Å². The van der Waals surface area contributed by atoms with Crippen LogP contribution in [-0.2, 0) is 9.84 Å². The molecule has 31 heavy (non-hydrogen) atoms. The molecule has 0 heterocycles. The number of benzene rings is 2. The Balaban J connectivity index is 0.000000423. The lowest BCUT2D eigenvalue weighted by Crippen LogP contribution is -2.16. The third kappa shape index (κ3) is 7.87. The van der Waals surface area contributed by atoms with Crippen molar-refractivity contribution in [1.29, 1.82) is 0 Å². The fourth-order valence-corrected chi connectivity index (χ4v) is 3.74. The van der Waals surface area contributed by atoms with Crippen molar-refractivity contribution in [3.8, 4) is 16.9 Å². The highest BCUT2D eigenvalue weighted by Gasteiger charge is 2.31. The van der Waals surface area contributed by atoms with E-state index < -0.39 is 16.2 Å². The molecule has 7 heteroatoms. The summed E-state index contributed by atoms with van der Waals surface area (Å²) in [5, 5.41) is -0.229. The van der Waals surface area contributed by atoms with Crippen molar-refractivity contribution in [2.45, 2.75) is 64.0 Å². The normalized spacial score (nSPS) is 19.1. The minimum atomic E-state index is -4.65. The first-order valence-electron chi connectivity index (χ1n) is 10.6. The zero-order valence-corrected chi connectivity index (χ0v) is 19.3. The third-order valence-electron chi connectivity index (χ3n) is 5.80. The second-order valence-electron chi connectivity index (χ2n) is 8.28. The molecule has 2 aromatic carbocycles. The Morgan fingerprint density at radius 3 is 1.87 bits per heavy atom. The topological polar surface area (TPSA) is 43.4 Å². The lowest BCUT2D eigenvalue weighted by atomic mass is 9.86. The number of hydrogen-bond donors (Lipinski definition) is 0. The number of ether oxygens (including phenoxy) is 1. The average molecular weight is 457 g/mol. The first-order chi connectivity index (χ1) is 14.4. The van der Waals surface area contributed by atoms with Gasteiger partial charge in [-0.1, -0.05) is 56.2 Å². The zero-order valence-electron chi connectivity index (χ0n) is 18.4. The molecule has 0 radical (unpaired) electrons. The SMILES string of the molecule is CC(C)S(C)(=O)=O.CCC1CCCC1c1ccc(-c2ccc(OC(F)(F)F)cc2)cc1. The Bertz CT molecular complexity index is 918. The molecule has 0 aromatic heterocycles. The Morgan fingerprint density at radius 1 is 0.968 bits per heavy atom. The monoisotopic (exact) mass is 456 g/mol. The van der Waals surface area contributed by atoms with Crippen molar-refractivity contribution in [2.24, 2.45) is 5.92 Å². The number of halogens is 3. The maximum Gasteiger partial charge on any atom is 0.573 e. The lowest BCUT2D eigenvalue weighted by molar-refractivity contribution is -0.274. The van der Waals surface area contributed by atoms with Crippen molar-refractivity contribution in [1.82, 2.24) is 0 Å². The van der Waals surface area contributed by atoms with Gasteiger partial charge in [0.2, 0.25) is 0 Å². The molecule has 2 aromatic rings. The van der Waals surface area contributed by atoms with Crippen molar-refractivity contribution < 1.29 is 26.3 Å². The summed E-state index contributed by atoms with van der Waals surface area (Å²) >= 11 is 0. The van der Waals surface area contributed by atoms with Crippen LogP contribution in [0.15, 0.2) is 48.5 Å². The molecule has 1 aliphatic rings. The minimum absolute atomic E-state index is 0.195. The summed E-state index contributed by atoms with van der Waals surface area (Å²) in [6.07, 6.45) is 1.65. The highest BCUT2D eigenvalue weighted by atomic mass is 32.2. The van der Waals surface area contributed by atoms with Gasteiger partial charge in [-0.05, 0) is 67.3 Å². The van der Waals surface area contributed by atoms with Gasteiger partial charge in [0.25, 0.3) is 0 Å². The summed E-state index contributed by atoms with van der Waals surface area (Å²) in [7, 11) is -2.74. The van der Waals surface area contributed by atoms with Crippen LogP contribution >= 0.6 is 0 Å². The van der Waals surface area contributed by atoms with E-state index in [1.165, 1.54) is 49.6 Å². The number of rotatable bonds is 5. The highest BCUT2D eigenvalue weighted by Crippen LogP contribution is 2.41. The molecule has 1 aliphatic carbocycles. The number of alkyl halides is 3. The molecule has 1 fully saturated rings. The van der Waals surface area contributed by atoms with Gasteiger partial charge >= 0.3 is 6.36 Å². The van der Waals surface area contributed by atoms with Gasteiger partial charge in [0.1, 0.15) is 15.6 Å². The van der Waals surface area contributed by atoms with Crippen LogP contribution in [0.5, 0.6) is 5.75 Å². The average Bonchev–Trinajstić information content (AvgIpc) is 3.16. The molecule has 1 saturated carbocycles. The van der Waals surface area contributed by atoms with Gasteiger partial charge in [0.05, 0.1) is 5.25 Å². The Hall–Kier alpha value is -2.02. The molecule has 0 aliphatic heterocycles. The molecule has 0 bridgehead atoms. The predicted octanol–water partition coefficient (Wildman–Crippen LogP) is 6.99. The smallest absolute Gasteiger partial charge is 0.406 e. The summed E-state index contributed by atoms with van der Waals surface area (Å²) in [5.41, 5.74) is 3.26. The summed E-state index contributed by atoms with van der Waals surface area (Å²) in [6.45, 7) is 5.58. The molecule has 3 rings (SSSR count). The van der Waals surface area contributed by atoms with E-state index in [1.54, 1.807) is 26.0 Å². The summed E-state index contributed by atoms with van der Waals surface area (Å²) in [4.78, 5) is 0. The fraction of sp³-hybridized carbons (Fsp3) is 0.500. The van der Waals surface area contributed by atoms with Crippen molar-refractivity contribution in [3.05, 3.63) is 54.1 Å². The van der Waals surface area contributed by atoms with E-state index in [9.17, 15) is 21.6 Å². The molecular formula is C24H31F3O3S. The van der Waals surface area contributed by atoms with E-state index in [2.05, 4.69) is 35.9 Å². The van der Waals surface area contributed by atoms with Crippen molar-refractivity contribution in [2.75, 3.05) is 6.26 Å². The quantitative estimate of drug-likeness (QED) is 0.487. The molecule has 0 amide bonds. The van der Waals surface area contributed by atoms with Gasteiger partial charge in [-0.2, -0.15) is 0 Å². The van der Waals surface area contributed by atoms with Crippen LogP contribution in [0.25, 0.3) is 11.1 Å². The maximum atomic E-state index is 12.2. The van der Waals surface area contributed by atoms with Crippen LogP contribution in [-0.4, -0.2) is 26.3 Å². The van der Waals surface area contributed by atoms with Crippen molar-refractivity contribution in [3.63, 3.8) is 0 Å². The summed E-state index contributed by atoms with van der Waals surface area (Å²) in [6, 6.07) is 14.4. The van der Waals surface area contributed by atoms with Crippen molar-refractivity contribution >= 4 is 9.84 Å². The van der Waals surface area contributed by atoms with Gasteiger partial charge in [-0.3, -0.25) is 0 Å². The highest BCUT2D eigenvalue weighted by molar-refractivity contribution is 7.91. The van der Waals surface area contributed by atoms with Crippen LogP contribution < -0.4 is 4.74 Å². The Kier molecular flexibility index (Phi) is 8.57. The second kappa shape index (κ2) is 10.5. The van der Waals surface area contributed by atoms with Crippen LogP contribution in [0, 0.1) is 5.92 Å². The van der Waals surface area contributed by atoms with E-state index in [0.717, 1.165) is 17.0 Å². The maximum absolute atomic E-state index is 12.2. The van der Waals surface area contributed by atoms with E-state index in [0.29, 0.717) is 5.92 Å². The van der Waals surface area contributed by atoms with Crippen LogP contribution in [0.2, 0.25) is 0 Å². The Labute approximate surface area is 183 Å². The van der Waals surface area contributed by atoms with Crippen LogP contribution in [0.4, 0.5) is 13.2 Å². The van der Waals surface area contributed by atoms with Gasteiger partial charge in [-0.15, -0.1) is 13.2 Å². The van der Waals surface area contributed by atoms with Gasteiger partial charge in [-0.25, -0.2) is 8.42 Å². The molecule has 2 atom stereocenters. The third-order valence-corrected chi connectivity index (χ3v) is 7.51. The molecule has 172 valence electrons. The van der Waals surface area contributed by atoms with E-state index in [-0.39, 0.29) is 11.0 Å². The lowest BCUT2D eigenvalue weighted by Gasteiger charge is -2.18. The summed E-state index contributed by atoms with van der Waals surface area (Å²) in [5.74, 6) is 1.22. The Morgan fingerprint density at radius 2 is 1.45 bits per heavy atom. The zero-order chi connectivity index (χ0) is 23.2. The van der Waals surface area contributed by atoms with Gasteiger partial charge < -0.3 is 4.74 Å².